The number of carbonyl (C=O) groups excluding carboxylic acids is 1. The number of hydrogen-bond acceptors (Lipinski definition) is 3. The van der Waals surface area contributed by atoms with Gasteiger partial charge in [-0.3, -0.25) is 10.2 Å². The number of carbonyl (C=O) groups is 1. The van der Waals surface area contributed by atoms with E-state index < -0.39 is 6.04 Å². The summed E-state index contributed by atoms with van der Waals surface area (Å²) >= 11 is 16.1. The lowest BCUT2D eigenvalue weighted by Gasteiger charge is -2.22. The molecule has 1 aliphatic heterocycles. The maximum Gasteiger partial charge on any atom is 0.251 e. The topological polar surface area (TPSA) is 80.2 Å². The number of nitrogens with one attached hydrogen (secondary N) is 4. The Hall–Kier alpha value is -2.27. The van der Waals surface area contributed by atoms with E-state index in [0.717, 1.165) is 56.2 Å². The van der Waals surface area contributed by atoms with E-state index >= 15 is 0 Å². The molecule has 0 radical (unpaired) electrons. The van der Waals surface area contributed by atoms with Gasteiger partial charge in [-0.05, 0) is 98.9 Å². The molecule has 186 valence electrons. The van der Waals surface area contributed by atoms with E-state index in [9.17, 15) is 4.79 Å². The molecule has 4 N–H and O–H groups in total. The minimum atomic E-state index is -0.721. The molecule has 1 amide bonds. The first kappa shape index (κ1) is 26.8. The largest absolute Gasteiger partial charge is 0.357 e. The van der Waals surface area contributed by atoms with Gasteiger partial charge in [-0.25, -0.2) is 0 Å². The van der Waals surface area contributed by atoms with Gasteiger partial charge in [0.2, 0.25) is 0 Å². The molecule has 10 heteroatoms. The number of anilines is 2. The van der Waals surface area contributed by atoms with E-state index in [1.807, 2.05) is 66.7 Å². The molecule has 1 heterocycles. The molecule has 0 bridgehead atoms. The predicted molar refractivity (Wildman–Crippen MR) is 161 cm³/mol. The lowest BCUT2D eigenvalue weighted by atomic mass is 10.1. The number of halogens is 3. The molecule has 3 aromatic carbocycles. The second-order valence-corrected chi connectivity index (χ2v) is 11.3. The van der Waals surface area contributed by atoms with Gasteiger partial charge in [0.1, 0.15) is 11.9 Å². The second kappa shape index (κ2) is 12.3. The third-order valence-corrected chi connectivity index (χ3v) is 7.69. The summed E-state index contributed by atoms with van der Waals surface area (Å²) in [4.78, 5) is 15.5. The molecule has 36 heavy (non-hydrogen) atoms. The fourth-order valence-electron chi connectivity index (χ4n) is 3.94. The van der Waals surface area contributed by atoms with Crippen molar-refractivity contribution in [2.75, 3.05) is 23.7 Å². The molecule has 4 rings (SSSR count). The van der Waals surface area contributed by atoms with Crippen LogP contribution in [0.3, 0.4) is 0 Å². The summed E-state index contributed by atoms with van der Waals surface area (Å²) in [6, 6.07) is 19.9. The number of likely N-dealkylation sites (tertiary alicyclic amines) is 1. The molecular weight excluding hydrogens is 670 g/mol. The number of rotatable bonds is 6. The maximum atomic E-state index is 13.4. The van der Waals surface area contributed by atoms with E-state index in [1.165, 1.54) is 0 Å². The van der Waals surface area contributed by atoms with E-state index in [2.05, 4.69) is 68.6 Å². The van der Waals surface area contributed by atoms with Crippen molar-refractivity contribution < 1.29 is 4.79 Å². The fraction of sp³-hybridized carbons (Fsp3) is 0.192. The lowest BCUT2D eigenvalue weighted by Crippen LogP contribution is -2.39. The summed E-state index contributed by atoms with van der Waals surface area (Å²) < 4.78 is 2.54. The van der Waals surface area contributed by atoms with Crippen molar-refractivity contribution in [2.24, 2.45) is 0 Å². The molecule has 0 unspecified atom stereocenters. The number of nitrogens with zero attached hydrogens (tertiary/aromatic N) is 1. The quantitative estimate of drug-likeness (QED) is 0.126. The highest BCUT2D eigenvalue weighted by Crippen LogP contribution is 2.34. The van der Waals surface area contributed by atoms with Crippen LogP contribution in [0.5, 0.6) is 0 Å². The number of amidine groups is 1. The third kappa shape index (κ3) is 6.73. The highest BCUT2D eigenvalue weighted by atomic mass is 79.9. The number of thiocarbonyl (C=S) groups is 1. The van der Waals surface area contributed by atoms with E-state index in [0.29, 0.717) is 16.6 Å². The third-order valence-electron chi connectivity index (χ3n) is 5.76. The highest BCUT2D eigenvalue weighted by molar-refractivity contribution is 9.11. The first-order valence-electron chi connectivity index (χ1n) is 11.3. The minimum Gasteiger partial charge on any atom is -0.357 e. The Kier molecular flexibility index (Phi) is 9.16. The summed E-state index contributed by atoms with van der Waals surface area (Å²) in [6.07, 6.45) is 2.24. The molecule has 1 atom stereocenters. The standard InChI is InChI=1S/C26H24Br3N5OS/c27-18-14-20(28)23(21(29)15-18)33-26(36)32-22(16-6-2-1-3-7-16)25(35)31-19-10-8-17(9-11-19)24(30)34-12-4-5-13-34/h1-3,6-11,14-15,22,30H,4-5,12-13H2,(H,31,35)(H2,32,33,36)/t22-/m0/s1. The molecule has 1 fully saturated rings. The Morgan fingerprint density at radius 1 is 0.917 bits per heavy atom. The zero-order valence-corrected chi connectivity index (χ0v) is 24.7. The number of hydrogen-bond donors (Lipinski definition) is 4. The van der Waals surface area contributed by atoms with E-state index in [1.54, 1.807) is 0 Å². The number of amides is 1. The van der Waals surface area contributed by atoms with Crippen molar-refractivity contribution in [3.05, 3.63) is 91.3 Å². The van der Waals surface area contributed by atoms with Gasteiger partial charge >= 0.3 is 0 Å². The Balaban J connectivity index is 1.48. The van der Waals surface area contributed by atoms with Crippen molar-refractivity contribution in [3.63, 3.8) is 0 Å². The van der Waals surface area contributed by atoms with Gasteiger partial charge in [0.25, 0.3) is 5.91 Å². The van der Waals surface area contributed by atoms with Crippen molar-refractivity contribution in [2.45, 2.75) is 18.9 Å². The molecule has 1 saturated heterocycles. The van der Waals surface area contributed by atoms with Gasteiger partial charge in [-0.15, -0.1) is 0 Å². The van der Waals surface area contributed by atoms with Crippen LogP contribution in [-0.2, 0) is 4.79 Å². The molecule has 0 aromatic heterocycles. The maximum absolute atomic E-state index is 13.4. The van der Waals surface area contributed by atoms with Crippen molar-refractivity contribution in [1.29, 1.82) is 5.41 Å². The fourth-order valence-corrected chi connectivity index (χ4v) is 6.61. The Bertz CT molecular complexity index is 1240. The summed E-state index contributed by atoms with van der Waals surface area (Å²) in [5.74, 6) is 0.276. The summed E-state index contributed by atoms with van der Waals surface area (Å²) in [7, 11) is 0. The summed E-state index contributed by atoms with van der Waals surface area (Å²) in [5, 5.41) is 18.0. The van der Waals surface area contributed by atoms with Crippen LogP contribution in [0, 0.1) is 5.41 Å². The molecule has 0 aliphatic carbocycles. The summed E-state index contributed by atoms with van der Waals surface area (Å²) in [5.41, 5.74) is 3.01. The van der Waals surface area contributed by atoms with Gasteiger partial charge in [-0.1, -0.05) is 46.3 Å². The van der Waals surface area contributed by atoms with Crippen LogP contribution in [0.1, 0.15) is 30.0 Å². The molecule has 3 aromatic rings. The first-order valence-corrected chi connectivity index (χ1v) is 14.1. The van der Waals surface area contributed by atoms with Crippen LogP contribution in [0.4, 0.5) is 11.4 Å². The van der Waals surface area contributed by atoms with Gasteiger partial charge in [0, 0.05) is 37.8 Å². The molecule has 0 saturated carbocycles. The van der Waals surface area contributed by atoms with Crippen LogP contribution >= 0.6 is 60.0 Å². The smallest absolute Gasteiger partial charge is 0.251 e. The van der Waals surface area contributed by atoms with Crippen LogP contribution in [0.2, 0.25) is 0 Å². The molecule has 6 nitrogen and oxygen atoms in total. The van der Waals surface area contributed by atoms with Crippen LogP contribution in [-0.4, -0.2) is 34.8 Å². The zero-order chi connectivity index (χ0) is 25.7. The van der Waals surface area contributed by atoms with Gasteiger partial charge in [0.15, 0.2) is 5.11 Å². The van der Waals surface area contributed by atoms with Crippen molar-refractivity contribution in [3.8, 4) is 0 Å². The van der Waals surface area contributed by atoms with E-state index in [4.69, 9.17) is 17.6 Å². The van der Waals surface area contributed by atoms with Crippen molar-refractivity contribution in [1.82, 2.24) is 10.2 Å². The van der Waals surface area contributed by atoms with Gasteiger partial charge in [0.05, 0.1) is 5.69 Å². The number of benzene rings is 3. The predicted octanol–water partition coefficient (Wildman–Crippen LogP) is 7.06. The average molecular weight is 694 g/mol. The van der Waals surface area contributed by atoms with Gasteiger partial charge in [-0.2, -0.15) is 0 Å². The second-order valence-electron chi connectivity index (χ2n) is 8.30. The molecular formula is C26H24Br3N5OS. The highest BCUT2D eigenvalue weighted by Gasteiger charge is 2.23. The Labute approximate surface area is 241 Å². The first-order chi connectivity index (χ1) is 17.3. The van der Waals surface area contributed by atoms with E-state index in [-0.39, 0.29) is 5.91 Å². The van der Waals surface area contributed by atoms with Crippen molar-refractivity contribution >= 4 is 88.2 Å². The minimum absolute atomic E-state index is 0.248. The molecule has 0 spiro atoms. The van der Waals surface area contributed by atoms with Crippen LogP contribution < -0.4 is 16.0 Å². The monoisotopic (exact) mass is 691 g/mol. The van der Waals surface area contributed by atoms with Crippen LogP contribution in [0.15, 0.2) is 80.1 Å². The Morgan fingerprint density at radius 2 is 1.53 bits per heavy atom. The summed E-state index contributed by atoms with van der Waals surface area (Å²) in [6.45, 7) is 1.84. The van der Waals surface area contributed by atoms with Crippen LogP contribution in [0.25, 0.3) is 0 Å². The SMILES string of the molecule is N=C(c1ccc(NC(=O)[C@@H](NC(=S)Nc2c(Br)cc(Br)cc2Br)c2ccccc2)cc1)N1CCCC1. The van der Waals surface area contributed by atoms with Gasteiger partial charge < -0.3 is 20.9 Å². The Morgan fingerprint density at radius 3 is 2.14 bits per heavy atom. The normalized spacial score (nSPS) is 13.7. The average Bonchev–Trinajstić information content (AvgIpc) is 3.40. The zero-order valence-electron chi connectivity index (χ0n) is 19.2. The molecule has 1 aliphatic rings. The lowest BCUT2D eigenvalue weighted by molar-refractivity contribution is -0.117.